The monoisotopic (exact) mass is 168 g/mol. The number of rotatable bonds is 1. The quantitative estimate of drug-likeness (QED) is 0.560. The molecular weight excluding hydrogens is 152 g/mol. The van der Waals surface area contributed by atoms with Crippen molar-refractivity contribution in [2.75, 3.05) is 7.11 Å². The van der Waals surface area contributed by atoms with Crippen molar-refractivity contribution in [2.45, 2.75) is 32.6 Å². The molecule has 0 heterocycles. The number of fused-ring (bicyclic) bond motifs is 1. The highest BCUT2D eigenvalue weighted by molar-refractivity contribution is 5.77. The lowest BCUT2D eigenvalue weighted by Gasteiger charge is -2.15. The molecule has 0 spiro atoms. The van der Waals surface area contributed by atoms with E-state index in [2.05, 4.69) is 6.92 Å². The molecule has 2 saturated carbocycles. The van der Waals surface area contributed by atoms with Gasteiger partial charge in [0.15, 0.2) is 0 Å². The second kappa shape index (κ2) is 2.48. The first-order chi connectivity index (χ1) is 5.70. The highest BCUT2D eigenvalue weighted by Crippen LogP contribution is 2.66. The summed E-state index contributed by atoms with van der Waals surface area (Å²) in [6, 6.07) is 0. The molecule has 0 aromatic rings. The minimum atomic E-state index is 0.0180. The number of carbonyl (C=O) groups is 1. The maximum Gasteiger partial charge on any atom is 0.309 e. The van der Waals surface area contributed by atoms with Crippen molar-refractivity contribution in [3.05, 3.63) is 0 Å². The van der Waals surface area contributed by atoms with Crippen molar-refractivity contribution in [1.29, 1.82) is 0 Å². The third-order valence-corrected chi connectivity index (χ3v) is 3.79. The van der Waals surface area contributed by atoms with E-state index in [-0.39, 0.29) is 11.9 Å². The summed E-state index contributed by atoms with van der Waals surface area (Å²) in [5, 5.41) is 0. The second-order valence-electron chi connectivity index (χ2n) is 4.36. The maximum absolute atomic E-state index is 11.3. The van der Waals surface area contributed by atoms with Crippen LogP contribution in [-0.4, -0.2) is 13.1 Å². The van der Waals surface area contributed by atoms with Crippen LogP contribution < -0.4 is 0 Å². The molecule has 0 aromatic carbocycles. The molecule has 2 heteroatoms. The molecule has 0 aromatic heterocycles. The number of ether oxygens (including phenoxy) is 1. The molecule has 0 amide bonds. The molecule has 3 atom stereocenters. The number of carbonyl (C=O) groups excluding carboxylic acids is 1. The van der Waals surface area contributed by atoms with Crippen LogP contribution in [0, 0.1) is 17.3 Å². The van der Waals surface area contributed by atoms with Gasteiger partial charge in [-0.2, -0.15) is 0 Å². The van der Waals surface area contributed by atoms with Gasteiger partial charge >= 0.3 is 5.97 Å². The first kappa shape index (κ1) is 8.09. The van der Waals surface area contributed by atoms with Crippen LogP contribution in [0.25, 0.3) is 0 Å². The predicted molar refractivity (Wildman–Crippen MR) is 45.6 cm³/mol. The molecule has 0 radical (unpaired) electrons. The summed E-state index contributed by atoms with van der Waals surface area (Å²) in [6.07, 6.45) is 5.04. The minimum Gasteiger partial charge on any atom is -0.469 e. The van der Waals surface area contributed by atoms with Gasteiger partial charge < -0.3 is 4.74 Å². The van der Waals surface area contributed by atoms with E-state index < -0.39 is 0 Å². The van der Waals surface area contributed by atoms with Crippen molar-refractivity contribution >= 4 is 5.97 Å². The normalized spacial score (nSPS) is 44.8. The fourth-order valence-electron chi connectivity index (χ4n) is 2.93. The van der Waals surface area contributed by atoms with Crippen molar-refractivity contribution in [3.8, 4) is 0 Å². The first-order valence-electron chi connectivity index (χ1n) is 4.78. The summed E-state index contributed by atoms with van der Waals surface area (Å²) >= 11 is 0. The lowest BCUT2D eigenvalue weighted by molar-refractivity contribution is -0.143. The van der Waals surface area contributed by atoms with Crippen LogP contribution in [0.15, 0.2) is 0 Å². The fraction of sp³-hybridized carbons (Fsp3) is 0.900. The van der Waals surface area contributed by atoms with Crippen molar-refractivity contribution in [3.63, 3.8) is 0 Å². The third-order valence-electron chi connectivity index (χ3n) is 3.79. The zero-order valence-corrected chi connectivity index (χ0v) is 7.80. The van der Waals surface area contributed by atoms with Crippen LogP contribution in [0.1, 0.15) is 32.6 Å². The number of methoxy groups -OCH3 is 1. The highest BCUT2D eigenvalue weighted by atomic mass is 16.5. The average molecular weight is 168 g/mol. The van der Waals surface area contributed by atoms with E-state index in [9.17, 15) is 4.79 Å². The van der Waals surface area contributed by atoms with E-state index in [0.29, 0.717) is 11.3 Å². The Morgan fingerprint density at radius 1 is 1.50 bits per heavy atom. The number of hydrogen-bond donors (Lipinski definition) is 0. The van der Waals surface area contributed by atoms with Gasteiger partial charge in [0.25, 0.3) is 0 Å². The Balaban J connectivity index is 2.07. The Morgan fingerprint density at radius 3 is 2.75 bits per heavy atom. The summed E-state index contributed by atoms with van der Waals surface area (Å²) in [5.74, 6) is 0.882. The molecule has 0 aliphatic heterocycles. The predicted octanol–water partition coefficient (Wildman–Crippen LogP) is 1.99. The molecule has 2 nitrogen and oxygen atoms in total. The van der Waals surface area contributed by atoms with Crippen molar-refractivity contribution in [2.24, 2.45) is 17.3 Å². The van der Waals surface area contributed by atoms with E-state index in [1.54, 1.807) is 0 Å². The zero-order chi connectivity index (χ0) is 8.77. The van der Waals surface area contributed by atoms with Crippen molar-refractivity contribution < 1.29 is 9.53 Å². The van der Waals surface area contributed by atoms with Gasteiger partial charge in [0.1, 0.15) is 0 Å². The SMILES string of the molecule is COC(=O)C1C2CCCCC21C. The van der Waals surface area contributed by atoms with Gasteiger partial charge in [-0.1, -0.05) is 19.8 Å². The molecule has 68 valence electrons. The van der Waals surface area contributed by atoms with Crippen LogP contribution in [-0.2, 0) is 9.53 Å². The standard InChI is InChI=1S/C10H16O2/c1-10-6-4-3-5-7(10)8(10)9(11)12-2/h7-8H,3-6H2,1-2H3. The van der Waals surface area contributed by atoms with Gasteiger partial charge in [-0.05, 0) is 24.2 Å². The number of esters is 1. The van der Waals surface area contributed by atoms with Gasteiger partial charge in [0, 0.05) is 0 Å². The lowest BCUT2D eigenvalue weighted by Crippen LogP contribution is -2.09. The first-order valence-corrected chi connectivity index (χ1v) is 4.78. The van der Waals surface area contributed by atoms with Gasteiger partial charge in [0.05, 0.1) is 13.0 Å². The van der Waals surface area contributed by atoms with Gasteiger partial charge in [0.2, 0.25) is 0 Å². The Bertz CT molecular complexity index is 212. The maximum atomic E-state index is 11.3. The van der Waals surface area contributed by atoms with E-state index in [1.807, 2.05) is 0 Å². The summed E-state index contributed by atoms with van der Waals surface area (Å²) in [4.78, 5) is 11.3. The Kier molecular flexibility index (Phi) is 1.67. The molecule has 12 heavy (non-hydrogen) atoms. The molecule has 2 aliphatic rings. The molecule has 2 rings (SSSR count). The van der Waals surface area contributed by atoms with Gasteiger partial charge in [-0.25, -0.2) is 0 Å². The third kappa shape index (κ3) is 0.900. The molecule has 2 fully saturated rings. The van der Waals surface area contributed by atoms with Crippen LogP contribution in [0.5, 0.6) is 0 Å². The topological polar surface area (TPSA) is 26.3 Å². The van der Waals surface area contributed by atoms with Crippen LogP contribution in [0.4, 0.5) is 0 Å². The summed E-state index contributed by atoms with van der Waals surface area (Å²) in [5.41, 5.74) is 0.311. The average Bonchev–Trinajstić information content (AvgIpc) is 2.69. The largest absolute Gasteiger partial charge is 0.469 e. The minimum absolute atomic E-state index is 0.0180. The fourth-order valence-corrected chi connectivity index (χ4v) is 2.93. The van der Waals surface area contributed by atoms with Gasteiger partial charge in [-0.15, -0.1) is 0 Å². The van der Waals surface area contributed by atoms with Crippen molar-refractivity contribution in [1.82, 2.24) is 0 Å². The molecule has 3 unspecified atom stereocenters. The lowest BCUT2D eigenvalue weighted by atomic mass is 9.90. The van der Waals surface area contributed by atoms with Crippen LogP contribution in [0.2, 0.25) is 0 Å². The van der Waals surface area contributed by atoms with Gasteiger partial charge in [-0.3, -0.25) is 4.79 Å². The van der Waals surface area contributed by atoms with E-state index in [4.69, 9.17) is 4.74 Å². The van der Waals surface area contributed by atoms with E-state index >= 15 is 0 Å². The Labute approximate surface area is 73.3 Å². The summed E-state index contributed by atoms with van der Waals surface area (Å²) in [6.45, 7) is 2.23. The number of hydrogen-bond acceptors (Lipinski definition) is 2. The molecule has 0 bridgehead atoms. The molecule has 2 aliphatic carbocycles. The Morgan fingerprint density at radius 2 is 2.25 bits per heavy atom. The summed E-state index contributed by atoms with van der Waals surface area (Å²) < 4.78 is 4.79. The van der Waals surface area contributed by atoms with E-state index in [0.717, 1.165) is 0 Å². The molecule has 0 N–H and O–H groups in total. The zero-order valence-electron chi connectivity index (χ0n) is 7.80. The van der Waals surface area contributed by atoms with E-state index in [1.165, 1.54) is 32.8 Å². The van der Waals surface area contributed by atoms with Crippen LogP contribution in [0.3, 0.4) is 0 Å². The highest BCUT2D eigenvalue weighted by Gasteiger charge is 2.65. The smallest absolute Gasteiger partial charge is 0.309 e. The molecule has 0 saturated heterocycles. The molecular formula is C10H16O2. The Hall–Kier alpha value is -0.530. The second-order valence-corrected chi connectivity index (χ2v) is 4.36. The van der Waals surface area contributed by atoms with Crippen LogP contribution >= 0.6 is 0 Å². The summed E-state index contributed by atoms with van der Waals surface area (Å²) in [7, 11) is 1.50.